The molecule has 1 aliphatic rings. The normalized spacial score (nSPS) is 22.6. The second-order valence-electron chi connectivity index (χ2n) is 14.1. The highest BCUT2D eigenvalue weighted by molar-refractivity contribution is 5.76. The lowest BCUT2D eigenvalue weighted by molar-refractivity contribution is -0.302. The first-order chi connectivity index (χ1) is 23.8. The molecular formula is C40H75NO8. The van der Waals surface area contributed by atoms with Crippen LogP contribution in [0.25, 0.3) is 0 Å². The van der Waals surface area contributed by atoms with Crippen LogP contribution in [0.5, 0.6) is 0 Å². The molecule has 1 saturated heterocycles. The zero-order valence-corrected chi connectivity index (χ0v) is 31.2. The van der Waals surface area contributed by atoms with E-state index in [-0.39, 0.29) is 12.5 Å². The van der Waals surface area contributed by atoms with Gasteiger partial charge in [0.1, 0.15) is 24.4 Å². The van der Waals surface area contributed by atoms with Crippen molar-refractivity contribution in [2.24, 2.45) is 0 Å². The van der Waals surface area contributed by atoms with Gasteiger partial charge in [0.15, 0.2) is 6.29 Å². The Labute approximate surface area is 298 Å². The van der Waals surface area contributed by atoms with E-state index in [2.05, 4.69) is 31.3 Å². The van der Waals surface area contributed by atoms with Crippen molar-refractivity contribution in [2.45, 2.75) is 211 Å². The van der Waals surface area contributed by atoms with E-state index in [1.165, 1.54) is 83.5 Å². The molecule has 49 heavy (non-hydrogen) atoms. The summed E-state index contributed by atoms with van der Waals surface area (Å²) in [5, 5.41) is 53.9. The minimum absolute atomic E-state index is 0.190. The number of rotatable bonds is 32. The van der Waals surface area contributed by atoms with E-state index in [0.29, 0.717) is 6.42 Å². The van der Waals surface area contributed by atoms with Crippen LogP contribution in [0.4, 0.5) is 0 Å². The second-order valence-corrected chi connectivity index (χ2v) is 14.1. The van der Waals surface area contributed by atoms with Crippen molar-refractivity contribution in [3.05, 3.63) is 24.3 Å². The Kier molecular flexibility index (Phi) is 29.3. The van der Waals surface area contributed by atoms with Gasteiger partial charge in [-0.15, -0.1) is 0 Å². The van der Waals surface area contributed by atoms with Crippen molar-refractivity contribution < 1.29 is 39.8 Å². The van der Waals surface area contributed by atoms with Gasteiger partial charge >= 0.3 is 0 Å². The van der Waals surface area contributed by atoms with Crippen molar-refractivity contribution in [2.75, 3.05) is 13.2 Å². The van der Waals surface area contributed by atoms with E-state index in [9.17, 15) is 30.3 Å². The molecule has 1 fully saturated rings. The minimum atomic E-state index is -1.56. The number of carbonyl (C=O) groups is 1. The molecule has 9 heteroatoms. The predicted octanol–water partition coefficient (Wildman–Crippen LogP) is 7.16. The second kappa shape index (κ2) is 31.4. The number of allylic oxidation sites excluding steroid dienone is 3. The van der Waals surface area contributed by atoms with Crippen LogP contribution in [0.3, 0.4) is 0 Å². The van der Waals surface area contributed by atoms with Crippen molar-refractivity contribution in [3.8, 4) is 0 Å². The van der Waals surface area contributed by atoms with E-state index < -0.39 is 49.5 Å². The molecule has 6 N–H and O–H groups in total. The van der Waals surface area contributed by atoms with Gasteiger partial charge in [0.05, 0.1) is 25.4 Å². The number of aliphatic hydroxyl groups is 5. The molecule has 0 aromatic heterocycles. The molecule has 1 rings (SSSR count). The van der Waals surface area contributed by atoms with Crippen LogP contribution in [0, 0.1) is 0 Å². The van der Waals surface area contributed by atoms with Gasteiger partial charge in [0, 0.05) is 6.42 Å². The summed E-state index contributed by atoms with van der Waals surface area (Å²) in [4.78, 5) is 12.8. The van der Waals surface area contributed by atoms with E-state index >= 15 is 0 Å². The SMILES string of the molecule is CCCC/C=C\CCCCCCCC(=O)NC(COC1OC(CO)C(O)C(O)C1O)C(O)/C=C/CCCCCCCCCCCCCCC. The van der Waals surface area contributed by atoms with Gasteiger partial charge in [-0.25, -0.2) is 0 Å². The molecule has 9 nitrogen and oxygen atoms in total. The van der Waals surface area contributed by atoms with E-state index in [1.807, 2.05) is 6.08 Å². The van der Waals surface area contributed by atoms with Gasteiger partial charge in [0.25, 0.3) is 0 Å². The first kappa shape index (κ1) is 45.7. The zero-order chi connectivity index (χ0) is 36.0. The lowest BCUT2D eigenvalue weighted by Crippen LogP contribution is -2.60. The topological polar surface area (TPSA) is 149 Å². The highest BCUT2D eigenvalue weighted by atomic mass is 16.7. The summed E-state index contributed by atoms with van der Waals surface area (Å²) in [6, 6.07) is -0.803. The molecule has 1 aliphatic heterocycles. The van der Waals surface area contributed by atoms with Crippen LogP contribution < -0.4 is 5.32 Å². The zero-order valence-electron chi connectivity index (χ0n) is 31.2. The van der Waals surface area contributed by atoms with Crippen LogP contribution in [-0.4, -0.2) is 87.5 Å². The molecule has 288 valence electrons. The molecule has 0 spiro atoms. The Morgan fingerprint density at radius 2 is 1.16 bits per heavy atom. The van der Waals surface area contributed by atoms with Crippen LogP contribution >= 0.6 is 0 Å². The standard InChI is InChI=1S/C40H75NO8/c1-3-5-7-9-11-13-15-16-17-18-20-21-23-25-27-29-34(43)33(32-48-40-39(47)38(46)37(45)35(31-42)49-40)41-36(44)30-28-26-24-22-19-14-12-10-8-6-4-2/h10,12,27,29,33-35,37-40,42-43,45-47H,3-9,11,13-26,28,30-32H2,1-2H3,(H,41,44)/b12-10-,29-27+. The molecule has 1 heterocycles. The highest BCUT2D eigenvalue weighted by Gasteiger charge is 2.44. The number of nitrogens with one attached hydrogen (secondary N) is 1. The Hall–Kier alpha value is -1.33. The Morgan fingerprint density at radius 1 is 0.673 bits per heavy atom. The largest absolute Gasteiger partial charge is 0.394 e. The van der Waals surface area contributed by atoms with Crippen molar-refractivity contribution in [3.63, 3.8) is 0 Å². The van der Waals surface area contributed by atoms with Crippen molar-refractivity contribution in [1.29, 1.82) is 0 Å². The molecule has 0 bridgehead atoms. The van der Waals surface area contributed by atoms with Crippen LogP contribution in [0.15, 0.2) is 24.3 Å². The summed E-state index contributed by atoms with van der Waals surface area (Å²) < 4.78 is 11.2. The van der Waals surface area contributed by atoms with Gasteiger partial charge in [-0.2, -0.15) is 0 Å². The fourth-order valence-corrected chi connectivity index (χ4v) is 6.19. The summed E-state index contributed by atoms with van der Waals surface area (Å²) in [5.74, 6) is -0.190. The fraction of sp³-hybridized carbons (Fsp3) is 0.875. The number of hydrogen-bond donors (Lipinski definition) is 6. The van der Waals surface area contributed by atoms with Gasteiger partial charge in [-0.3, -0.25) is 4.79 Å². The van der Waals surface area contributed by atoms with Gasteiger partial charge in [0.2, 0.25) is 5.91 Å². The number of aliphatic hydroxyl groups excluding tert-OH is 5. The van der Waals surface area contributed by atoms with E-state index in [1.54, 1.807) is 6.08 Å². The third-order valence-corrected chi connectivity index (χ3v) is 9.52. The fourth-order valence-electron chi connectivity index (χ4n) is 6.19. The maximum absolute atomic E-state index is 12.8. The lowest BCUT2D eigenvalue weighted by atomic mass is 9.99. The van der Waals surface area contributed by atoms with Crippen LogP contribution in [0.2, 0.25) is 0 Å². The Morgan fingerprint density at radius 3 is 1.71 bits per heavy atom. The molecule has 0 radical (unpaired) electrons. The third-order valence-electron chi connectivity index (χ3n) is 9.52. The van der Waals surface area contributed by atoms with Crippen LogP contribution in [-0.2, 0) is 14.3 Å². The maximum Gasteiger partial charge on any atom is 0.220 e. The number of carbonyl (C=O) groups excluding carboxylic acids is 1. The van der Waals surface area contributed by atoms with Crippen molar-refractivity contribution >= 4 is 5.91 Å². The summed E-state index contributed by atoms with van der Waals surface area (Å²) in [7, 11) is 0. The molecule has 0 saturated carbocycles. The smallest absolute Gasteiger partial charge is 0.220 e. The van der Waals surface area contributed by atoms with E-state index in [0.717, 1.165) is 64.2 Å². The number of ether oxygens (including phenoxy) is 2. The molecule has 0 aromatic rings. The first-order valence-corrected chi connectivity index (χ1v) is 20.1. The van der Waals surface area contributed by atoms with Crippen LogP contribution in [0.1, 0.15) is 168 Å². The van der Waals surface area contributed by atoms with Crippen molar-refractivity contribution in [1.82, 2.24) is 5.32 Å². The predicted molar refractivity (Wildman–Crippen MR) is 198 cm³/mol. The van der Waals surface area contributed by atoms with Gasteiger partial charge in [-0.1, -0.05) is 147 Å². The average molecular weight is 698 g/mol. The summed E-state index contributed by atoms with van der Waals surface area (Å²) in [5.41, 5.74) is 0. The minimum Gasteiger partial charge on any atom is -0.394 e. The van der Waals surface area contributed by atoms with Gasteiger partial charge < -0.3 is 40.3 Å². The average Bonchev–Trinajstić information content (AvgIpc) is 3.10. The first-order valence-electron chi connectivity index (χ1n) is 20.1. The lowest BCUT2D eigenvalue weighted by Gasteiger charge is -2.40. The van der Waals surface area contributed by atoms with Gasteiger partial charge in [-0.05, 0) is 38.5 Å². The molecule has 7 unspecified atom stereocenters. The Balaban J connectivity index is 2.44. The third kappa shape index (κ3) is 23.0. The molecule has 1 amide bonds. The summed E-state index contributed by atoms with van der Waals surface area (Å²) >= 11 is 0. The Bertz CT molecular complexity index is 822. The van der Waals surface area contributed by atoms with E-state index in [4.69, 9.17) is 9.47 Å². The molecule has 0 aromatic carbocycles. The number of unbranched alkanes of at least 4 members (excludes halogenated alkanes) is 20. The maximum atomic E-state index is 12.8. The molecular weight excluding hydrogens is 622 g/mol. The monoisotopic (exact) mass is 698 g/mol. The summed E-state index contributed by atoms with van der Waals surface area (Å²) in [6.45, 7) is 3.70. The quantitative estimate of drug-likeness (QED) is 0.0320. The number of hydrogen-bond acceptors (Lipinski definition) is 8. The highest BCUT2D eigenvalue weighted by Crippen LogP contribution is 2.22. The molecule has 7 atom stereocenters. The molecule has 0 aliphatic carbocycles. The number of amides is 1. The summed E-state index contributed by atoms with van der Waals surface area (Å²) in [6.07, 6.45) is 27.9.